The van der Waals surface area contributed by atoms with Gasteiger partial charge in [-0.15, -0.1) is 0 Å². The Kier molecular flexibility index (Phi) is 7.17. The summed E-state index contributed by atoms with van der Waals surface area (Å²) >= 11 is 0. The molecule has 1 heterocycles. The van der Waals surface area contributed by atoms with Crippen molar-refractivity contribution in [2.24, 2.45) is 0 Å². The minimum absolute atomic E-state index is 0.286. The third-order valence-corrected chi connectivity index (χ3v) is 3.39. The standard InChI is InChI=1S/C18H23N3O3/c1-3-5-11-24-21-17-16(18(22)23-4-2)15(19-13-20-17)12-14-9-7-6-8-10-14/h6-10,13H,3-5,11-12H2,1-2H3,(H,19,20,21). The van der Waals surface area contributed by atoms with Gasteiger partial charge in [-0.25, -0.2) is 20.2 Å². The summed E-state index contributed by atoms with van der Waals surface area (Å²) in [5, 5.41) is 0. The quantitative estimate of drug-likeness (QED) is 0.432. The van der Waals surface area contributed by atoms with Crippen LogP contribution in [-0.4, -0.2) is 29.2 Å². The van der Waals surface area contributed by atoms with Crippen molar-refractivity contribution in [2.75, 3.05) is 18.7 Å². The molecule has 6 nitrogen and oxygen atoms in total. The lowest BCUT2D eigenvalue weighted by Crippen LogP contribution is -2.16. The number of carbonyl (C=O) groups excluding carboxylic acids is 1. The number of aromatic nitrogens is 2. The zero-order valence-corrected chi connectivity index (χ0v) is 14.1. The predicted molar refractivity (Wildman–Crippen MR) is 91.7 cm³/mol. The monoisotopic (exact) mass is 329 g/mol. The number of carbonyl (C=O) groups is 1. The summed E-state index contributed by atoms with van der Waals surface area (Å²) in [7, 11) is 0. The van der Waals surface area contributed by atoms with Gasteiger partial charge in [0.25, 0.3) is 0 Å². The van der Waals surface area contributed by atoms with E-state index in [0.717, 1.165) is 18.4 Å². The van der Waals surface area contributed by atoms with Crippen LogP contribution in [0.3, 0.4) is 0 Å². The SMILES string of the molecule is CCCCONc1ncnc(Cc2ccccc2)c1C(=O)OCC. The molecule has 0 unspecified atom stereocenters. The molecule has 24 heavy (non-hydrogen) atoms. The van der Waals surface area contributed by atoms with Crippen molar-refractivity contribution in [3.8, 4) is 0 Å². The van der Waals surface area contributed by atoms with E-state index in [1.165, 1.54) is 6.33 Å². The second-order valence-corrected chi connectivity index (χ2v) is 5.23. The van der Waals surface area contributed by atoms with Crippen LogP contribution in [0.4, 0.5) is 5.82 Å². The van der Waals surface area contributed by atoms with E-state index in [-0.39, 0.29) is 6.61 Å². The molecule has 0 bridgehead atoms. The predicted octanol–water partition coefficient (Wildman–Crippen LogP) is 3.39. The fourth-order valence-electron chi connectivity index (χ4n) is 2.18. The van der Waals surface area contributed by atoms with Crippen LogP contribution in [0.15, 0.2) is 36.7 Å². The number of ether oxygens (including phenoxy) is 1. The van der Waals surface area contributed by atoms with E-state index >= 15 is 0 Å². The van der Waals surface area contributed by atoms with Gasteiger partial charge in [-0.2, -0.15) is 0 Å². The Morgan fingerprint density at radius 3 is 2.67 bits per heavy atom. The van der Waals surface area contributed by atoms with E-state index in [0.29, 0.717) is 30.1 Å². The number of rotatable bonds is 9. The molecule has 0 amide bonds. The fraction of sp³-hybridized carbons (Fsp3) is 0.389. The molecule has 1 N–H and O–H groups in total. The smallest absolute Gasteiger partial charge is 0.343 e. The summed E-state index contributed by atoms with van der Waals surface area (Å²) in [5.74, 6) is -0.115. The molecule has 1 aromatic carbocycles. The molecule has 0 fully saturated rings. The zero-order valence-electron chi connectivity index (χ0n) is 14.1. The number of anilines is 1. The first-order valence-electron chi connectivity index (χ1n) is 8.19. The molecule has 1 aromatic heterocycles. The minimum atomic E-state index is -0.453. The first-order chi connectivity index (χ1) is 11.8. The van der Waals surface area contributed by atoms with Gasteiger partial charge >= 0.3 is 5.97 Å². The maximum absolute atomic E-state index is 12.4. The Labute approximate surface area is 142 Å². The number of nitrogens with zero attached hydrogens (tertiary/aromatic N) is 2. The van der Waals surface area contributed by atoms with Gasteiger partial charge in [0.1, 0.15) is 11.9 Å². The first kappa shape index (κ1) is 17.9. The lowest BCUT2D eigenvalue weighted by molar-refractivity contribution is 0.0523. The maximum Gasteiger partial charge on any atom is 0.343 e. The molecule has 2 rings (SSSR count). The average molecular weight is 329 g/mol. The Morgan fingerprint density at radius 1 is 1.17 bits per heavy atom. The van der Waals surface area contributed by atoms with Crippen LogP contribution in [-0.2, 0) is 16.0 Å². The van der Waals surface area contributed by atoms with Crippen LogP contribution < -0.4 is 5.48 Å². The van der Waals surface area contributed by atoms with Crippen molar-refractivity contribution in [1.82, 2.24) is 9.97 Å². The van der Waals surface area contributed by atoms with E-state index in [1.54, 1.807) is 6.92 Å². The van der Waals surface area contributed by atoms with E-state index in [2.05, 4.69) is 22.4 Å². The van der Waals surface area contributed by atoms with Gasteiger partial charge in [0.2, 0.25) is 0 Å². The van der Waals surface area contributed by atoms with Crippen LogP contribution in [0.2, 0.25) is 0 Å². The number of unbranched alkanes of at least 4 members (excludes halogenated alkanes) is 1. The minimum Gasteiger partial charge on any atom is -0.462 e. The highest BCUT2D eigenvalue weighted by Crippen LogP contribution is 2.20. The van der Waals surface area contributed by atoms with Crippen molar-refractivity contribution < 1.29 is 14.4 Å². The largest absolute Gasteiger partial charge is 0.462 e. The molecular weight excluding hydrogens is 306 g/mol. The second kappa shape index (κ2) is 9.62. The maximum atomic E-state index is 12.4. The molecule has 0 aliphatic heterocycles. The first-order valence-corrected chi connectivity index (χ1v) is 8.19. The van der Waals surface area contributed by atoms with E-state index in [9.17, 15) is 4.79 Å². The summed E-state index contributed by atoms with van der Waals surface area (Å²) in [4.78, 5) is 26.2. The van der Waals surface area contributed by atoms with Gasteiger partial charge in [0.05, 0.1) is 18.9 Å². The normalized spacial score (nSPS) is 10.4. The Balaban J connectivity index is 2.26. The molecule has 0 spiro atoms. The molecule has 6 heteroatoms. The number of hydrogen-bond acceptors (Lipinski definition) is 6. The van der Waals surface area contributed by atoms with Gasteiger partial charge in [-0.3, -0.25) is 4.84 Å². The van der Waals surface area contributed by atoms with Crippen LogP contribution in [0.1, 0.15) is 48.3 Å². The topological polar surface area (TPSA) is 73.3 Å². The molecule has 128 valence electrons. The van der Waals surface area contributed by atoms with Crippen molar-refractivity contribution in [2.45, 2.75) is 33.1 Å². The van der Waals surface area contributed by atoms with Gasteiger partial charge in [-0.1, -0.05) is 43.7 Å². The molecule has 0 radical (unpaired) electrons. The molecule has 0 saturated carbocycles. The highest BCUT2D eigenvalue weighted by atomic mass is 16.6. The fourth-order valence-corrected chi connectivity index (χ4v) is 2.18. The van der Waals surface area contributed by atoms with Crippen LogP contribution >= 0.6 is 0 Å². The van der Waals surface area contributed by atoms with Crippen LogP contribution in [0, 0.1) is 0 Å². The molecule has 0 atom stereocenters. The molecular formula is C18H23N3O3. The van der Waals surface area contributed by atoms with E-state index in [1.807, 2.05) is 30.3 Å². The number of esters is 1. The van der Waals surface area contributed by atoms with Gasteiger partial charge in [0, 0.05) is 6.42 Å². The highest BCUT2D eigenvalue weighted by Gasteiger charge is 2.20. The number of hydrogen-bond donors (Lipinski definition) is 1. The Hall–Kier alpha value is -2.47. The van der Waals surface area contributed by atoms with Crippen molar-refractivity contribution in [1.29, 1.82) is 0 Å². The molecule has 2 aromatic rings. The summed E-state index contributed by atoms with van der Waals surface area (Å²) < 4.78 is 5.16. The van der Waals surface area contributed by atoms with E-state index < -0.39 is 5.97 Å². The van der Waals surface area contributed by atoms with Crippen LogP contribution in [0.25, 0.3) is 0 Å². The number of nitrogens with one attached hydrogen (secondary N) is 1. The Bertz CT molecular complexity index is 647. The number of benzene rings is 1. The second-order valence-electron chi connectivity index (χ2n) is 5.23. The van der Waals surface area contributed by atoms with Crippen molar-refractivity contribution in [3.05, 3.63) is 53.5 Å². The van der Waals surface area contributed by atoms with Gasteiger partial charge in [-0.05, 0) is 18.9 Å². The highest BCUT2D eigenvalue weighted by molar-refractivity contribution is 5.95. The van der Waals surface area contributed by atoms with E-state index in [4.69, 9.17) is 9.57 Å². The third kappa shape index (κ3) is 5.03. The molecule has 0 saturated heterocycles. The van der Waals surface area contributed by atoms with Crippen molar-refractivity contribution in [3.63, 3.8) is 0 Å². The summed E-state index contributed by atoms with van der Waals surface area (Å²) in [6.45, 7) is 4.67. The van der Waals surface area contributed by atoms with Gasteiger partial charge in [0.15, 0.2) is 5.82 Å². The van der Waals surface area contributed by atoms with Gasteiger partial charge < -0.3 is 4.74 Å². The molecule has 0 aliphatic carbocycles. The Morgan fingerprint density at radius 2 is 1.96 bits per heavy atom. The summed E-state index contributed by atoms with van der Waals surface area (Å²) in [5.41, 5.74) is 4.74. The average Bonchev–Trinajstić information content (AvgIpc) is 2.60. The lowest BCUT2D eigenvalue weighted by atomic mass is 10.1. The lowest BCUT2D eigenvalue weighted by Gasteiger charge is -2.13. The van der Waals surface area contributed by atoms with Crippen LogP contribution in [0.5, 0.6) is 0 Å². The molecule has 0 aliphatic rings. The summed E-state index contributed by atoms with van der Waals surface area (Å²) in [6.07, 6.45) is 3.88. The third-order valence-electron chi connectivity index (χ3n) is 3.39. The zero-order chi connectivity index (χ0) is 17.2. The summed E-state index contributed by atoms with van der Waals surface area (Å²) in [6, 6.07) is 9.83. The van der Waals surface area contributed by atoms with Crippen molar-refractivity contribution >= 4 is 11.8 Å².